The Bertz CT molecular complexity index is 711. The van der Waals surface area contributed by atoms with Crippen molar-refractivity contribution in [2.75, 3.05) is 5.73 Å². The van der Waals surface area contributed by atoms with Crippen LogP contribution in [0.4, 0.5) is 5.82 Å². The number of benzene rings is 1. The maximum absolute atomic E-state index is 6.03. The van der Waals surface area contributed by atoms with Gasteiger partial charge in [-0.3, -0.25) is 0 Å². The summed E-state index contributed by atoms with van der Waals surface area (Å²) in [5.74, 6) is 1.32. The number of nitrogen functional groups attached to an aromatic ring is 1. The number of anilines is 1. The molecule has 3 aromatic rings. The maximum atomic E-state index is 6.03. The maximum Gasteiger partial charge on any atom is 0.141 e. The van der Waals surface area contributed by atoms with E-state index in [9.17, 15) is 0 Å². The van der Waals surface area contributed by atoms with Crippen molar-refractivity contribution in [2.45, 2.75) is 6.42 Å². The van der Waals surface area contributed by atoms with Crippen LogP contribution in [0.15, 0.2) is 47.8 Å². The fourth-order valence-electron chi connectivity index (χ4n) is 1.95. The molecule has 0 bridgehead atoms. The zero-order valence-corrected chi connectivity index (χ0v) is 13.6. The van der Waals surface area contributed by atoms with Crippen molar-refractivity contribution in [3.05, 3.63) is 62.1 Å². The zero-order chi connectivity index (χ0) is 13.9. The standard InChI is InChI=1S/C15H12IN3S/c16-13-14(10-5-2-1-3-6-10)18-12(19-15(13)17)9-11-7-4-8-20-11/h1-8H,9H2,(H2,17,18,19). The van der Waals surface area contributed by atoms with Crippen molar-refractivity contribution in [3.8, 4) is 11.3 Å². The molecule has 0 unspecified atom stereocenters. The number of aromatic nitrogens is 2. The lowest BCUT2D eigenvalue weighted by atomic mass is 10.1. The van der Waals surface area contributed by atoms with Gasteiger partial charge >= 0.3 is 0 Å². The van der Waals surface area contributed by atoms with E-state index in [1.54, 1.807) is 11.3 Å². The van der Waals surface area contributed by atoms with Crippen LogP contribution in [0.2, 0.25) is 0 Å². The number of nitrogens with two attached hydrogens (primary N) is 1. The van der Waals surface area contributed by atoms with E-state index in [4.69, 9.17) is 5.73 Å². The molecule has 0 aliphatic carbocycles. The first-order valence-corrected chi connectivity index (χ1v) is 8.09. The number of halogens is 1. The lowest BCUT2D eigenvalue weighted by molar-refractivity contribution is 0.985. The minimum absolute atomic E-state index is 0.547. The number of hydrogen-bond acceptors (Lipinski definition) is 4. The first-order valence-electron chi connectivity index (χ1n) is 6.14. The number of thiophene rings is 1. The smallest absolute Gasteiger partial charge is 0.141 e. The predicted molar refractivity (Wildman–Crippen MR) is 91.7 cm³/mol. The lowest BCUT2D eigenvalue weighted by Crippen LogP contribution is -2.05. The fraction of sp³-hybridized carbons (Fsp3) is 0.0667. The summed E-state index contributed by atoms with van der Waals surface area (Å²) in [6.07, 6.45) is 0.721. The molecule has 0 atom stereocenters. The topological polar surface area (TPSA) is 51.8 Å². The summed E-state index contributed by atoms with van der Waals surface area (Å²) in [5, 5.41) is 2.06. The molecule has 3 nitrogen and oxygen atoms in total. The van der Waals surface area contributed by atoms with Crippen LogP contribution < -0.4 is 5.73 Å². The predicted octanol–water partition coefficient (Wildman–Crippen LogP) is 3.98. The molecule has 0 spiro atoms. The molecule has 2 N–H and O–H groups in total. The summed E-state index contributed by atoms with van der Waals surface area (Å²) in [7, 11) is 0. The number of rotatable bonds is 3. The fourth-order valence-corrected chi connectivity index (χ4v) is 3.20. The van der Waals surface area contributed by atoms with E-state index in [2.05, 4.69) is 44.0 Å². The van der Waals surface area contributed by atoms with Gasteiger partial charge in [0.15, 0.2) is 0 Å². The van der Waals surface area contributed by atoms with Crippen LogP contribution in [0.1, 0.15) is 10.7 Å². The second kappa shape index (κ2) is 5.88. The molecule has 0 saturated carbocycles. The lowest BCUT2D eigenvalue weighted by Gasteiger charge is -2.08. The van der Waals surface area contributed by atoms with Crippen molar-refractivity contribution >= 4 is 39.7 Å². The normalized spacial score (nSPS) is 10.7. The van der Waals surface area contributed by atoms with Gasteiger partial charge in [-0.25, -0.2) is 9.97 Å². The summed E-state index contributed by atoms with van der Waals surface area (Å²) in [6.45, 7) is 0. The monoisotopic (exact) mass is 393 g/mol. The van der Waals surface area contributed by atoms with Gasteiger partial charge in [-0.1, -0.05) is 36.4 Å². The van der Waals surface area contributed by atoms with Crippen LogP contribution in [0.3, 0.4) is 0 Å². The molecule has 20 heavy (non-hydrogen) atoms. The van der Waals surface area contributed by atoms with Gasteiger partial charge in [0.1, 0.15) is 11.6 Å². The molecule has 0 fully saturated rings. The summed E-state index contributed by atoms with van der Waals surface area (Å²) < 4.78 is 0.906. The third kappa shape index (κ3) is 2.83. The average molecular weight is 393 g/mol. The summed E-state index contributed by atoms with van der Waals surface area (Å²) in [5.41, 5.74) is 8.01. The van der Waals surface area contributed by atoms with Gasteiger partial charge in [0, 0.05) is 16.9 Å². The molecule has 2 heterocycles. The van der Waals surface area contributed by atoms with Gasteiger partial charge in [0.25, 0.3) is 0 Å². The molecular weight excluding hydrogens is 381 g/mol. The minimum atomic E-state index is 0.547. The van der Waals surface area contributed by atoms with Crippen molar-refractivity contribution < 1.29 is 0 Å². The Kier molecular flexibility index (Phi) is 3.98. The largest absolute Gasteiger partial charge is 0.383 e. The van der Waals surface area contributed by atoms with Crippen LogP contribution in [0, 0.1) is 3.57 Å². The third-order valence-electron chi connectivity index (χ3n) is 2.88. The Morgan fingerprint density at radius 2 is 1.85 bits per heavy atom. The highest BCUT2D eigenvalue weighted by molar-refractivity contribution is 14.1. The van der Waals surface area contributed by atoms with Crippen molar-refractivity contribution in [1.82, 2.24) is 9.97 Å². The van der Waals surface area contributed by atoms with E-state index in [1.165, 1.54) is 4.88 Å². The number of hydrogen-bond donors (Lipinski definition) is 1. The zero-order valence-electron chi connectivity index (χ0n) is 10.6. The summed E-state index contributed by atoms with van der Waals surface area (Å²) in [4.78, 5) is 10.3. The minimum Gasteiger partial charge on any atom is -0.383 e. The SMILES string of the molecule is Nc1nc(Cc2cccs2)nc(-c2ccccc2)c1I. The molecule has 100 valence electrons. The highest BCUT2D eigenvalue weighted by Gasteiger charge is 2.12. The van der Waals surface area contributed by atoms with Gasteiger partial charge in [-0.05, 0) is 34.0 Å². The van der Waals surface area contributed by atoms with Crippen LogP contribution in [-0.2, 0) is 6.42 Å². The van der Waals surface area contributed by atoms with Crippen molar-refractivity contribution in [2.24, 2.45) is 0 Å². The Balaban J connectivity index is 2.04. The molecule has 5 heteroatoms. The summed E-state index contributed by atoms with van der Waals surface area (Å²) in [6, 6.07) is 14.2. The highest BCUT2D eigenvalue weighted by Crippen LogP contribution is 2.27. The van der Waals surface area contributed by atoms with Gasteiger partial charge in [-0.15, -0.1) is 11.3 Å². The van der Waals surface area contributed by atoms with Crippen molar-refractivity contribution in [3.63, 3.8) is 0 Å². The number of nitrogens with zero attached hydrogens (tertiary/aromatic N) is 2. The van der Waals surface area contributed by atoms with Crippen LogP contribution >= 0.6 is 33.9 Å². The van der Waals surface area contributed by atoms with E-state index in [1.807, 2.05) is 36.4 Å². The second-order valence-corrected chi connectivity index (χ2v) is 6.42. The molecule has 0 aliphatic rings. The van der Waals surface area contributed by atoms with E-state index >= 15 is 0 Å². The molecule has 0 radical (unpaired) electrons. The molecule has 0 aliphatic heterocycles. The Labute approximate surface area is 135 Å². The second-order valence-electron chi connectivity index (χ2n) is 4.31. The van der Waals surface area contributed by atoms with Crippen molar-refractivity contribution in [1.29, 1.82) is 0 Å². The van der Waals surface area contributed by atoms with E-state index < -0.39 is 0 Å². The van der Waals surface area contributed by atoms with Gasteiger partial charge in [-0.2, -0.15) is 0 Å². The van der Waals surface area contributed by atoms with Crippen LogP contribution in [-0.4, -0.2) is 9.97 Å². The molecule has 0 saturated heterocycles. The van der Waals surface area contributed by atoms with Gasteiger partial charge in [0.05, 0.1) is 9.26 Å². The summed E-state index contributed by atoms with van der Waals surface area (Å²) >= 11 is 3.91. The first-order chi connectivity index (χ1) is 9.74. The molecule has 0 amide bonds. The Morgan fingerprint density at radius 1 is 1.05 bits per heavy atom. The van der Waals surface area contributed by atoms with Gasteiger partial charge in [0.2, 0.25) is 0 Å². The van der Waals surface area contributed by atoms with Gasteiger partial charge < -0.3 is 5.73 Å². The van der Waals surface area contributed by atoms with Crippen LogP contribution in [0.25, 0.3) is 11.3 Å². The van der Waals surface area contributed by atoms with Crippen LogP contribution in [0.5, 0.6) is 0 Å². The Hall–Kier alpha value is -1.47. The Morgan fingerprint density at radius 3 is 2.55 bits per heavy atom. The van der Waals surface area contributed by atoms with E-state index in [0.29, 0.717) is 5.82 Å². The molecular formula is C15H12IN3S. The molecule has 1 aromatic carbocycles. The quantitative estimate of drug-likeness (QED) is 0.685. The van der Waals surface area contributed by atoms with E-state index in [0.717, 1.165) is 27.1 Å². The average Bonchev–Trinajstić information content (AvgIpc) is 2.96. The first kappa shape index (κ1) is 13.5. The third-order valence-corrected chi connectivity index (χ3v) is 4.82. The molecule has 3 rings (SSSR count). The van der Waals surface area contributed by atoms with E-state index in [-0.39, 0.29) is 0 Å². The highest BCUT2D eigenvalue weighted by atomic mass is 127. The molecule has 2 aromatic heterocycles.